The smallest absolute Gasteiger partial charge is 0.217 e. The van der Waals surface area contributed by atoms with Crippen molar-refractivity contribution in [1.82, 2.24) is 9.97 Å². The molecule has 1 saturated heterocycles. The highest BCUT2D eigenvalue weighted by Gasteiger charge is 2.30. The number of halogens is 1. The molecule has 1 aromatic heterocycles. The van der Waals surface area contributed by atoms with Gasteiger partial charge >= 0.3 is 0 Å². The van der Waals surface area contributed by atoms with Gasteiger partial charge in [0.2, 0.25) is 5.95 Å². The molecule has 0 aromatic carbocycles. The second-order valence-corrected chi connectivity index (χ2v) is 6.14. The van der Waals surface area contributed by atoms with E-state index in [1.807, 2.05) is 0 Å². The zero-order chi connectivity index (χ0) is 11.6. The molecule has 0 amide bonds. The molecule has 2 rings (SSSR count). The van der Waals surface area contributed by atoms with Crippen molar-refractivity contribution in [1.29, 1.82) is 0 Å². The lowest BCUT2D eigenvalue weighted by Crippen LogP contribution is -2.25. The number of sulfone groups is 1. The van der Waals surface area contributed by atoms with E-state index < -0.39 is 15.8 Å². The molecule has 1 aliphatic heterocycles. The summed E-state index contributed by atoms with van der Waals surface area (Å²) in [5.74, 6) is -0.0707. The number of hydrogen-bond donors (Lipinski definition) is 1. The monoisotopic (exact) mass is 245 g/mol. The first-order valence-corrected chi connectivity index (χ1v) is 6.72. The lowest BCUT2D eigenvalue weighted by molar-refractivity contribution is 0.580. The maximum atomic E-state index is 12.7. The van der Waals surface area contributed by atoms with Gasteiger partial charge in [0.1, 0.15) is 12.1 Å². The standard InChI is InChI=1S/C9H12FN3O2S/c10-8-4-9(13-6-12-8)11-5-7-2-1-3-16(7,14)15/h4,6-7H,1-3,5H2,(H,11,12,13). The van der Waals surface area contributed by atoms with Gasteiger partial charge in [0, 0.05) is 12.6 Å². The SMILES string of the molecule is O=S1(=O)CCCC1CNc1cc(F)ncn1. The Morgan fingerprint density at radius 2 is 2.31 bits per heavy atom. The minimum absolute atomic E-state index is 0.248. The van der Waals surface area contributed by atoms with Gasteiger partial charge in [0.25, 0.3) is 0 Å². The van der Waals surface area contributed by atoms with E-state index in [2.05, 4.69) is 15.3 Å². The van der Waals surface area contributed by atoms with E-state index in [1.165, 1.54) is 0 Å². The highest BCUT2D eigenvalue weighted by atomic mass is 32.2. The molecule has 0 bridgehead atoms. The maximum absolute atomic E-state index is 12.7. The summed E-state index contributed by atoms with van der Waals surface area (Å²) in [6.45, 7) is 0.277. The first kappa shape index (κ1) is 11.3. The van der Waals surface area contributed by atoms with E-state index in [4.69, 9.17) is 0 Å². The van der Waals surface area contributed by atoms with Crippen LogP contribution in [0.5, 0.6) is 0 Å². The summed E-state index contributed by atoms with van der Waals surface area (Å²) in [5, 5.41) is 2.43. The quantitative estimate of drug-likeness (QED) is 0.790. The number of rotatable bonds is 3. The summed E-state index contributed by atoms with van der Waals surface area (Å²) in [7, 11) is -2.97. The number of hydrogen-bond acceptors (Lipinski definition) is 5. The van der Waals surface area contributed by atoms with E-state index in [-0.39, 0.29) is 17.5 Å². The van der Waals surface area contributed by atoms with Gasteiger partial charge in [-0.05, 0) is 12.8 Å². The van der Waals surface area contributed by atoms with Crippen LogP contribution in [0.1, 0.15) is 12.8 Å². The average molecular weight is 245 g/mol. The van der Waals surface area contributed by atoms with E-state index >= 15 is 0 Å². The lowest BCUT2D eigenvalue weighted by Gasteiger charge is -2.10. The Morgan fingerprint density at radius 3 is 2.94 bits per heavy atom. The molecule has 0 aliphatic carbocycles. The summed E-state index contributed by atoms with van der Waals surface area (Å²) < 4.78 is 35.7. The van der Waals surface area contributed by atoms with Crippen LogP contribution in [0.2, 0.25) is 0 Å². The molecular weight excluding hydrogens is 233 g/mol. The largest absolute Gasteiger partial charge is 0.369 e. The third-order valence-corrected chi connectivity index (χ3v) is 4.88. The van der Waals surface area contributed by atoms with Crippen LogP contribution in [0.15, 0.2) is 12.4 Å². The topological polar surface area (TPSA) is 72.0 Å². The molecule has 5 nitrogen and oxygen atoms in total. The Hall–Kier alpha value is -1.24. The minimum atomic E-state index is -2.97. The molecule has 1 aromatic rings. The van der Waals surface area contributed by atoms with Crippen LogP contribution in [0, 0.1) is 5.95 Å². The van der Waals surface area contributed by atoms with E-state index in [0.717, 1.165) is 12.4 Å². The van der Waals surface area contributed by atoms with Crippen molar-refractivity contribution in [3.63, 3.8) is 0 Å². The van der Waals surface area contributed by atoms with Gasteiger partial charge in [-0.25, -0.2) is 18.4 Å². The molecule has 16 heavy (non-hydrogen) atoms. The molecule has 0 radical (unpaired) electrons. The number of aromatic nitrogens is 2. The summed E-state index contributed by atoms with van der Waals surface area (Å²) in [4.78, 5) is 7.10. The van der Waals surface area contributed by atoms with E-state index in [1.54, 1.807) is 0 Å². The van der Waals surface area contributed by atoms with Crippen LogP contribution >= 0.6 is 0 Å². The Morgan fingerprint density at radius 1 is 1.50 bits per heavy atom. The molecular formula is C9H12FN3O2S. The van der Waals surface area contributed by atoms with Crippen molar-refractivity contribution >= 4 is 15.7 Å². The van der Waals surface area contributed by atoms with Crippen LogP contribution in [0.3, 0.4) is 0 Å². The van der Waals surface area contributed by atoms with Crippen molar-refractivity contribution < 1.29 is 12.8 Å². The summed E-state index contributed by atoms with van der Waals surface area (Å²) in [6, 6.07) is 1.14. The second kappa shape index (κ2) is 4.32. The fraction of sp³-hybridized carbons (Fsp3) is 0.556. The lowest BCUT2D eigenvalue weighted by atomic mass is 10.2. The van der Waals surface area contributed by atoms with Crippen LogP contribution in [0.4, 0.5) is 10.2 Å². The third kappa shape index (κ3) is 2.46. The fourth-order valence-electron chi connectivity index (χ4n) is 1.74. The molecule has 1 unspecified atom stereocenters. The zero-order valence-electron chi connectivity index (χ0n) is 8.56. The second-order valence-electron chi connectivity index (χ2n) is 3.74. The number of nitrogens with zero attached hydrogens (tertiary/aromatic N) is 2. The molecule has 1 fully saturated rings. The van der Waals surface area contributed by atoms with Gasteiger partial charge in [-0.2, -0.15) is 4.39 Å². The van der Waals surface area contributed by atoms with Crippen LogP contribution in [0.25, 0.3) is 0 Å². The maximum Gasteiger partial charge on any atom is 0.217 e. The fourth-order valence-corrected chi connectivity index (χ4v) is 3.50. The predicted octanol–water partition coefficient (Wildman–Crippen LogP) is 0.605. The highest BCUT2D eigenvalue weighted by molar-refractivity contribution is 7.92. The first-order valence-electron chi connectivity index (χ1n) is 5.01. The average Bonchev–Trinajstić information content (AvgIpc) is 2.55. The molecule has 1 atom stereocenters. The number of anilines is 1. The van der Waals surface area contributed by atoms with Crippen molar-refractivity contribution in [2.45, 2.75) is 18.1 Å². The summed E-state index contributed by atoms with van der Waals surface area (Å²) in [5.41, 5.74) is 0. The van der Waals surface area contributed by atoms with Crippen molar-refractivity contribution in [2.75, 3.05) is 17.6 Å². The van der Waals surface area contributed by atoms with Crippen LogP contribution in [-0.4, -0.2) is 35.9 Å². The van der Waals surface area contributed by atoms with Crippen LogP contribution < -0.4 is 5.32 Å². The van der Waals surface area contributed by atoms with Crippen LogP contribution in [-0.2, 0) is 9.84 Å². The van der Waals surface area contributed by atoms with Gasteiger partial charge in [-0.15, -0.1) is 0 Å². The van der Waals surface area contributed by atoms with Crippen molar-refractivity contribution in [3.05, 3.63) is 18.3 Å². The molecule has 7 heteroatoms. The molecule has 1 aliphatic rings. The minimum Gasteiger partial charge on any atom is -0.369 e. The normalized spacial score (nSPS) is 23.2. The summed E-state index contributed by atoms with van der Waals surface area (Å²) >= 11 is 0. The van der Waals surface area contributed by atoms with Gasteiger partial charge in [-0.3, -0.25) is 0 Å². The molecule has 0 saturated carbocycles. The molecule has 2 heterocycles. The van der Waals surface area contributed by atoms with Crippen molar-refractivity contribution in [2.24, 2.45) is 0 Å². The van der Waals surface area contributed by atoms with Gasteiger partial charge in [0.15, 0.2) is 9.84 Å². The van der Waals surface area contributed by atoms with Gasteiger partial charge < -0.3 is 5.32 Å². The Labute approximate surface area is 93.0 Å². The summed E-state index contributed by atoms with van der Waals surface area (Å²) in [6.07, 6.45) is 2.45. The van der Waals surface area contributed by atoms with Crippen molar-refractivity contribution in [3.8, 4) is 0 Å². The van der Waals surface area contributed by atoms with E-state index in [0.29, 0.717) is 18.7 Å². The van der Waals surface area contributed by atoms with E-state index in [9.17, 15) is 12.8 Å². The Bertz CT molecular complexity index is 477. The zero-order valence-corrected chi connectivity index (χ0v) is 9.37. The molecule has 1 N–H and O–H groups in total. The first-order chi connectivity index (χ1) is 7.58. The molecule has 0 spiro atoms. The molecule has 88 valence electrons. The Kier molecular flexibility index (Phi) is 3.04. The third-order valence-electron chi connectivity index (χ3n) is 2.61. The van der Waals surface area contributed by atoms with Gasteiger partial charge in [-0.1, -0.05) is 0 Å². The van der Waals surface area contributed by atoms with Gasteiger partial charge in [0.05, 0.1) is 11.0 Å². The predicted molar refractivity (Wildman–Crippen MR) is 57.3 cm³/mol. The number of nitrogens with one attached hydrogen (secondary N) is 1. The highest BCUT2D eigenvalue weighted by Crippen LogP contribution is 2.20. The Balaban J connectivity index is 1.98.